The van der Waals surface area contributed by atoms with Crippen LogP contribution in [0.1, 0.15) is 19.8 Å². The highest BCUT2D eigenvalue weighted by Crippen LogP contribution is 2.44. The summed E-state index contributed by atoms with van der Waals surface area (Å²) in [6, 6.07) is 10.2. The van der Waals surface area contributed by atoms with E-state index in [1.165, 1.54) is 29.4 Å². The molecular formula is C24H22ClFN4O4. The molecule has 0 unspecified atom stereocenters. The number of pyridine rings is 1. The van der Waals surface area contributed by atoms with Crippen LogP contribution in [0, 0.1) is 0 Å². The minimum atomic E-state index is -1.37. The Bertz CT molecular complexity index is 1420. The summed E-state index contributed by atoms with van der Waals surface area (Å²) in [6.07, 6.45) is 4.73. The summed E-state index contributed by atoms with van der Waals surface area (Å²) in [5, 5.41) is 15.2. The number of ether oxygens (including phenoxy) is 2. The number of aromatic nitrogens is 4. The molecule has 1 N–H and O–H groups in total. The van der Waals surface area contributed by atoms with Gasteiger partial charge in [0.2, 0.25) is 0 Å². The molecule has 1 fully saturated rings. The molecule has 1 aliphatic carbocycles. The Labute approximate surface area is 199 Å². The van der Waals surface area contributed by atoms with Gasteiger partial charge in [-0.3, -0.25) is 14.3 Å². The van der Waals surface area contributed by atoms with Crippen LogP contribution in [0.4, 0.5) is 4.39 Å². The summed E-state index contributed by atoms with van der Waals surface area (Å²) in [5.41, 5.74) is -0.558. The number of alkyl halides is 1. The molecule has 1 saturated carbocycles. The highest BCUT2D eigenvalue weighted by molar-refractivity contribution is 6.30. The predicted octanol–water partition coefficient (Wildman–Crippen LogP) is 3.84. The molecular weight excluding hydrogens is 463 g/mol. The van der Waals surface area contributed by atoms with Crippen molar-refractivity contribution in [2.75, 3.05) is 13.7 Å². The van der Waals surface area contributed by atoms with Crippen LogP contribution < -0.4 is 15.0 Å². The van der Waals surface area contributed by atoms with Gasteiger partial charge in [0.1, 0.15) is 29.7 Å². The lowest BCUT2D eigenvalue weighted by Gasteiger charge is -2.45. The Morgan fingerprint density at radius 2 is 2.00 bits per heavy atom. The van der Waals surface area contributed by atoms with Crippen molar-refractivity contribution in [2.45, 2.75) is 31.0 Å². The summed E-state index contributed by atoms with van der Waals surface area (Å²) in [4.78, 5) is 17.5. The molecule has 1 aromatic carbocycles. The third-order valence-electron chi connectivity index (χ3n) is 5.87. The van der Waals surface area contributed by atoms with Crippen LogP contribution >= 0.6 is 11.6 Å². The molecule has 4 aromatic rings. The Balaban J connectivity index is 1.43. The zero-order valence-electron chi connectivity index (χ0n) is 18.5. The zero-order valence-corrected chi connectivity index (χ0v) is 19.3. The lowest BCUT2D eigenvalue weighted by Crippen LogP contribution is -2.55. The number of hydrogen-bond donors (Lipinski definition) is 1. The molecule has 3 heterocycles. The molecule has 0 atom stereocenters. The van der Waals surface area contributed by atoms with Gasteiger partial charge in [0, 0.05) is 36.9 Å². The first-order chi connectivity index (χ1) is 16.2. The number of aliphatic hydroxyl groups is 1. The minimum Gasteiger partial charge on any atom is -0.493 e. The molecule has 1 aliphatic rings. The van der Waals surface area contributed by atoms with E-state index >= 15 is 0 Å². The summed E-state index contributed by atoms with van der Waals surface area (Å²) in [7, 11) is 1.48. The normalized spacial score (nSPS) is 21.9. The van der Waals surface area contributed by atoms with Crippen LogP contribution in [0.3, 0.4) is 0 Å². The van der Waals surface area contributed by atoms with Crippen LogP contribution in [-0.4, -0.2) is 49.3 Å². The number of fused-ring (bicyclic) bond motifs is 1. The van der Waals surface area contributed by atoms with Crippen LogP contribution in [0.2, 0.25) is 5.02 Å². The van der Waals surface area contributed by atoms with E-state index in [1.54, 1.807) is 48.8 Å². The fourth-order valence-corrected chi connectivity index (χ4v) is 4.53. The second-order valence-corrected chi connectivity index (χ2v) is 9.28. The van der Waals surface area contributed by atoms with Gasteiger partial charge in [-0.05, 0) is 37.3 Å². The van der Waals surface area contributed by atoms with E-state index in [9.17, 15) is 14.3 Å². The molecule has 0 bridgehead atoms. The van der Waals surface area contributed by atoms with Crippen LogP contribution in [-0.2, 0) is 0 Å². The molecule has 8 nitrogen and oxygen atoms in total. The van der Waals surface area contributed by atoms with E-state index in [0.717, 1.165) is 5.56 Å². The summed E-state index contributed by atoms with van der Waals surface area (Å²) in [5.74, 6) is 0.754. The maximum absolute atomic E-state index is 13.8. The molecule has 10 heteroatoms. The smallest absolute Gasteiger partial charge is 0.282 e. The van der Waals surface area contributed by atoms with Crippen molar-refractivity contribution < 1.29 is 19.0 Å². The minimum absolute atomic E-state index is 0.0202. The van der Waals surface area contributed by atoms with E-state index in [0.29, 0.717) is 33.4 Å². The molecule has 0 radical (unpaired) electrons. The van der Waals surface area contributed by atoms with Gasteiger partial charge in [0.25, 0.3) is 5.56 Å². The Morgan fingerprint density at radius 3 is 2.68 bits per heavy atom. The van der Waals surface area contributed by atoms with Gasteiger partial charge < -0.3 is 14.6 Å². The zero-order chi connectivity index (χ0) is 24.1. The predicted molar refractivity (Wildman–Crippen MR) is 125 cm³/mol. The lowest BCUT2D eigenvalue weighted by atomic mass is 9.70. The fourth-order valence-electron chi connectivity index (χ4n) is 4.42. The molecule has 0 aliphatic heterocycles. The molecule has 34 heavy (non-hydrogen) atoms. The second-order valence-electron chi connectivity index (χ2n) is 8.84. The van der Waals surface area contributed by atoms with Crippen molar-refractivity contribution in [3.05, 3.63) is 70.5 Å². The topological polar surface area (TPSA) is 90.9 Å². The Kier molecular flexibility index (Phi) is 5.33. The van der Waals surface area contributed by atoms with Crippen molar-refractivity contribution in [3.63, 3.8) is 0 Å². The van der Waals surface area contributed by atoms with Crippen molar-refractivity contribution >= 4 is 17.1 Å². The fraction of sp³-hybridized carbons (Fsp3) is 0.292. The molecule has 0 amide bonds. The first-order valence-corrected chi connectivity index (χ1v) is 11.0. The standard InChI is InChI=1S/C24H22ClFN4O4/c1-23(26)11-24(32,12-23)13-34-20-6-4-17(8-21(20)33-2)29-14-28-30-10-15(7-19(30)22(29)31)18-5-3-16(25)9-27-18/h3-10,14,32H,11-13H2,1-2H3. The SMILES string of the molecule is COc1cc(-n2cnn3cc(-c4ccc(Cl)cn4)cc3c2=O)ccc1OCC1(O)CC(C)(F)C1. The maximum Gasteiger partial charge on any atom is 0.282 e. The van der Waals surface area contributed by atoms with E-state index in [-0.39, 0.29) is 25.0 Å². The summed E-state index contributed by atoms with van der Waals surface area (Å²) < 4.78 is 27.8. The third-order valence-corrected chi connectivity index (χ3v) is 6.09. The average molecular weight is 485 g/mol. The van der Waals surface area contributed by atoms with Gasteiger partial charge in [0.05, 0.1) is 23.5 Å². The monoisotopic (exact) mass is 484 g/mol. The average Bonchev–Trinajstić information content (AvgIpc) is 3.22. The van der Waals surface area contributed by atoms with Crippen molar-refractivity contribution in [2.24, 2.45) is 0 Å². The number of halogens is 2. The van der Waals surface area contributed by atoms with Gasteiger partial charge in [-0.25, -0.2) is 8.91 Å². The quantitative estimate of drug-likeness (QED) is 0.447. The van der Waals surface area contributed by atoms with Gasteiger partial charge in [-0.2, -0.15) is 5.10 Å². The summed E-state index contributed by atoms with van der Waals surface area (Å²) >= 11 is 5.91. The van der Waals surface area contributed by atoms with E-state index in [1.807, 2.05) is 0 Å². The van der Waals surface area contributed by atoms with Gasteiger partial charge in [-0.1, -0.05) is 11.6 Å². The highest BCUT2D eigenvalue weighted by Gasteiger charge is 2.52. The number of rotatable bonds is 6. The number of hydrogen-bond acceptors (Lipinski definition) is 6. The van der Waals surface area contributed by atoms with E-state index in [2.05, 4.69) is 10.1 Å². The third kappa shape index (κ3) is 4.12. The largest absolute Gasteiger partial charge is 0.493 e. The van der Waals surface area contributed by atoms with Gasteiger partial charge in [0.15, 0.2) is 11.5 Å². The maximum atomic E-state index is 13.8. The van der Waals surface area contributed by atoms with Crippen LogP contribution in [0.15, 0.2) is 59.9 Å². The van der Waals surface area contributed by atoms with Crippen molar-refractivity contribution in [1.82, 2.24) is 19.2 Å². The van der Waals surface area contributed by atoms with Crippen LogP contribution in [0.25, 0.3) is 22.5 Å². The van der Waals surface area contributed by atoms with Gasteiger partial charge in [-0.15, -0.1) is 0 Å². The van der Waals surface area contributed by atoms with E-state index < -0.39 is 11.3 Å². The Morgan fingerprint density at radius 1 is 1.21 bits per heavy atom. The number of nitrogens with zero attached hydrogens (tertiary/aromatic N) is 4. The molecule has 0 saturated heterocycles. The van der Waals surface area contributed by atoms with Crippen molar-refractivity contribution in [3.8, 4) is 28.4 Å². The number of methoxy groups -OCH3 is 1. The lowest BCUT2D eigenvalue weighted by molar-refractivity contribution is -0.150. The van der Waals surface area contributed by atoms with Gasteiger partial charge >= 0.3 is 0 Å². The van der Waals surface area contributed by atoms with Crippen molar-refractivity contribution in [1.29, 1.82) is 0 Å². The van der Waals surface area contributed by atoms with Crippen LogP contribution in [0.5, 0.6) is 11.5 Å². The Hall–Kier alpha value is -3.43. The molecule has 3 aromatic heterocycles. The molecule has 0 spiro atoms. The first-order valence-electron chi connectivity index (χ1n) is 10.6. The highest BCUT2D eigenvalue weighted by atomic mass is 35.5. The first kappa shape index (κ1) is 22.4. The molecule has 176 valence electrons. The molecule has 5 rings (SSSR count). The summed E-state index contributed by atoms with van der Waals surface area (Å²) in [6.45, 7) is 1.40. The second kappa shape index (κ2) is 8.11. The van der Waals surface area contributed by atoms with E-state index in [4.69, 9.17) is 21.1 Å². The number of benzene rings is 1.